The molecule has 0 N–H and O–H groups in total. The van der Waals surface area contributed by atoms with Crippen molar-refractivity contribution in [1.82, 2.24) is 4.90 Å². The number of alkyl halides is 6. The molecule has 0 aromatic heterocycles. The van der Waals surface area contributed by atoms with Gasteiger partial charge in [0.05, 0.1) is 29.4 Å². The van der Waals surface area contributed by atoms with Crippen molar-refractivity contribution in [2.45, 2.75) is 76.7 Å². The first-order valence-corrected chi connectivity index (χ1v) is 11.6. The Morgan fingerprint density at radius 1 is 0.944 bits per heavy atom. The Bertz CT molecular complexity index is 1010. The molecule has 10 heteroatoms. The predicted molar refractivity (Wildman–Crippen MR) is 121 cm³/mol. The maximum atomic E-state index is 13.4. The third-order valence-corrected chi connectivity index (χ3v) is 5.80. The van der Waals surface area contributed by atoms with E-state index in [4.69, 9.17) is 9.47 Å². The minimum atomic E-state index is -4.96. The van der Waals surface area contributed by atoms with Crippen LogP contribution in [0.1, 0.15) is 74.9 Å². The Balaban J connectivity index is 1.96. The zero-order valence-electron chi connectivity index (χ0n) is 20.4. The van der Waals surface area contributed by atoms with Crippen molar-refractivity contribution in [2.24, 2.45) is 0 Å². The molecule has 198 valence electrons. The molecule has 0 radical (unpaired) electrons. The molecule has 1 heterocycles. The second-order valence-corrected chi connectivity index (χ2v) is 9.83. The van der Waals surface area contributed by atoms with Crippen molar-refractivity contribution in [3.05, 3.63) is 70.8 Å². The first-order valence-electron chi connectivity index (χ1n) is 11.6. The van der Waals surface area contributed by atoms with Gasteiger partial charge in [-0.3, -0.25) is 4.90 Å². The quantitative estimate of drug-likeness (QED) is 0.387. The lowest BCUT2D eigenvalue weighted by molar-refractivity contribution is -0.143. The maximum Gasteiger partial charge on any atom is 0.416 e. The summed E-state index contributed by atoms with van der Waals surface area (Å²) in [7, 11) is 0. The smallest absolute Gasteiger partial charge is 0.416 e. The fourth-order valence-electron chi connectivity index (χ4n) is 4.23. The van der Waals surface area contributed by atoms with Gasteiger partial charge >= 0.3 is 18.4 Å². The van der Waals surface area contributed by atoms with E-state index in [1.54, 1.807) is 51.1 Å². The lowest BCUT2D eigenvalue weighted by Crippen LogP contribution is -2.48. The van der Waals surface area contributed by atoms with E-state index in [9.17, 15) is 31.1 Å². The van der Waals surface area contributed by atoms with Crippen LogP contribution in [0.4, 0.5) is 31.1 Å². The lowest BCUT2D eigenvalue weighted by atomic mass is 9.92. The highest BCUT2D eigenvalue weighted by Crippen LogP contribution is 2.40. The number of nitrogens with zero attached hydrogens (tertiary/aromatic N) is 1. The van der Waals surface area contributed by atoms with Crippen LogP contribution in [0.3, 0.4) is 0 Å². The SMILES string of the molecule is CC(OC1CCCN(C(=O)OC(C)(C)C)C1c1ccccc1)c1cc(C(F)(F)F)cc(C(F)(F)F)c1. The number of benzene rings is 2. The first kappa shape index (κ1) is 27.8. The van der Waals surface area contributed by atoms with Crippen LogP contribution in [-0.2, 0) is 21.8 Å². The van der Waals surface area contributed by atoms with Gasteiger partial charge in [0.2, 0.25) is 0 Å². The number of rotatable bonds is 4. The van der Waals surface area contributed by atoms with E-state index in [-0.39, 0.29) is 11.6 Å². The van der Waals surface area contributed by atoms with E-state index in [2.05, 4.69) is 0 Å². The van der Waals surface area contributed by atoms with Crippen LogP contribution in [0.5, 0.6) is 0 Å². The standard InChI is InChI=1S/C26H29F6NO3/c1-16(18-13-19(25(27,28)29)15-20(14-18)26(30,31)32)35-21-11-8-12-33(23(34)36-24(2,3)4)22(21)17-9-6-5-7-10-17/h5-7,9-10,13-16,21-22H,8,11-12H2,1-4H3. The number of piperidine rings is 1. The van der Waals surface area contributed by atoms with E-state index in [1.807, 2.05) is 0 Å². The van der Waals surface area contributed by atoms with Crippen molar-refractivity contribution in [3.63, 3.8) is 0 Å². The minimum Gasteiger partial charge on any atom is -0.444 e. The Labute approximate surface area is 206 Å². The fraction of sp³-hybridized carbons (Fsp3) is 0.500. The molecule has 1 amide bonds. The molecule has 3 atom stereocenters. The van der Waals surface area contributed by atoms with Gasteiger partial charge in [0.25, 0.3) is 0 Å². The van der Waals surface area contributed by atoms with Gasteiger partial charge in [-0.2, -0.15) is 26.3 Å². The van der Waals surface area contributed by atoms with Crippen LogP contribution in [0, 0.1) is 0 Å². The highest BCUT2D eigenvalue weighted by molar-refractivity contribution is 5.69. The Morgan fingerprint density at radius 2 is 1.50 bits per heavy atom. The fourth-order valence-corrected chi connectivity index (χ4v) is 4.23. The van der Waals surface area contributed by atoms with Crippen LogP contribution in [0.2, 0.25) is 0 Å². The minimum absolute atomic E-state index is 0.0911. The molecule has 0 aliphatic carbocycles. The molecular weight excluding hydrogens is 488 g/mol. The second kappa shape index (κ2) is 10.3. The van der Waals surface area contributed by atoms with Gasteiger partial charge in [-0.25, -0.2) is 4.79 Å². The van der Waals surface area contributed by atoms with E-state index in [0.29, 0.717) is 31.5 Å². The lowest BCUT2D eigenvalue weighted by Gasteiger charge is -2.42. The number of hydrogen-bond acceptors (Lipinski definition) is 3. The Morgan fingerprint density at radius 3 is 2.00 bits per heavy atom. The molecule has 0 saturated carbocycles. The van der Waals surface area contributed by atoms with Gasteiger partial charge in [-0.15, -0.1) is 0 Å². The monoisotopic (exact) mass is 517 g/mol. The van der Waals surface area contributed by atoms with Crippen molar-refractivity contribution < 1.29 is 40.6 Å². The normalized spacial score (nSPS) is 20.2. The number of ether oxygens (including phenoxy) is 2. The van der Waals surface area contributed by atoms with E-state index in [0.717, 1.165) is 5.56 Å². The maximum absolute atomic E-state index is 13.4. The van der Waals surface area contributed by atoms with Crippen molar-refractivity contribution >= 4 is 6.09 Å². The molecule has 1 aliphatic heterocycles. The summed E-state index contributed by atoms with van der Waals surface area (Å²) >= 11 is 0. The Kier molecular flexibility index (Phi) is 7.98. The number of carbonyl (C=O) groups is 1. The molecule has 1 saturated heterocycles. The third kappa shape index (κ3) is 6.93. The molecule has 1 fully saturated rings. The van der Waals surface area contributed by atoms with Crippen LogP contribution < -0.4 is 0 Å². The highest BCUT2D eigenvalue weighted by atomic mass is 19.4. The van der Waals surface area contributed by atoms with E-state index < -0.39 is 53.4 Å². The molecule has 0 spiro atoms. The predicted octanol–water partition coefficient (Wildman–Crippen LogP) is 7.94. The summed E-state index contributed by atoms with van der Waals surface area (Å²) in [6, 6.07) is 9.74. The molecule has 3 rings (SSSR count). The third-order valence-electron chi connectivity index (χ3n) is 5.80. The summed E-state index contributed by atoms with van der Waals surface area (Å²) in [6.45, 7) is 6.96. The van der Waals surface area contributed by atoms with Gasteiger partial charge in [0, 0.05) is 6.54 Å². The topological polar surface area (TPSA) is 38.8 Å². The van der Waals surface area contributed by atoms with E-state index in [1.165, 1.54) is 11.8 Å². The van der Waals surface area contributed by atoms with Crippen LogP contribution in [0.15, 0.2) is 48.5 Å². The van der Waals surface area contributed by atoms with Gasteiger partial charge in [0.15, 0.2) is 0 Å². The van der Waals surface area contributed by atoms with E-state index >= 15 is 0 Å². The zero-order chi connectivity index (χ0) is 26.9. The summed E-state index contributed by atoms with van der Waals surface area (Å²) < 4.78 is 91.8. The summed E-state index contributed by atoms with van der Waals surface area (Å²) in [5.41, 5.74) is -3.09. The molecule has 0 bridgehead atoms. The Hall–Kier alpha value is -2.75. The zero-order valence-corrected chi connectivity index (χ0v) is 20.4. The highest BCUT2D eigenvalue weighted by Gasteiger charge is 2.40. The van der Waals surface area contributed by atoms with Crippen molar-refractivity contribution in [1.29, 1.82) is 0 Å². The summed E-state index contributed by atoms with van der Waals surface area (Å²) in [6.07, 6.45) is -11.3. The summed E-state index contributed by atoms with van der Waals surface area (Å²) in [5.74, 6) is 0. The molecule has 3 unspecified atom stereocenters. The first-order chi connectivity index (χ1) is 16.6. The molecule has 4 nitrogen and oxygen atoms in total. The average Bonchev–Trinajstić information content (AvgIpc) is 2.77. The molecule has 36 heavy (non-hydrogen) atoms. The number of halogens is 6. The van der Waals surface area contributed by atoms with Gasteiger partial charge in [-0.05, 0) is 69.9 Å². The van der Waals surface area contributed by atoms with Crippen LogP contribution in [0.25, 0.3) is 0 Å². The van der Waals surface area contributed by atoms with Crippen molar-refractivity contribution in [3.8, 4) is 0 Å². The average molecular weight is 518 g/mol. The van der Waals surface area contributed by atoms with Crippen molar-refractivity contribution in [2.75, 3.05) is 6.54 Å². The molecule has 2 aromatic rings. The largest absolute Gasteiger partial charge is 0.444 e. The molecular formula is C26H29F6NO3. The number of carbonyl (C=O) groups excluding carboxylic acids is 1. The van der Waals surface area contributed by atoms with Crippen LogP contribution >= 0.6 is 0 Å². The van der Waals surface area contributed by atoms with Gasteiger partial charge in [-0.1, -0.05) is 30.3 Å². The number of likely N-dealkylation sites (tertiary alicyclic amines) is 1. The van der Waals surface area contributed by atoms with Crippen LogP contribution in [-0.4, -0.2) is 29.2 Å². The molecule has 2 aromatic carbocycles. The number of hydrogen-bond donors (Lipinski definition) is 0. The van der Waals surface area contributed by atoms with Gasteiger partial charge in [0.1, 0.15) is 5.60 Å². The number of amides is 1. The summed E-state index contributed by atoms with van der Waals surface area (Å²) in [5, 5.41) is 0. The summed E-state index contributed by atoms with van der Waals surface area (Å²) in [4.78, 5) is 14.5. The second-order valence-electron chi connectivity index (χ2n) is 9.83. The van der Waals surface area contributed by atoms with Gasteiger partial charge < -0.3 is 9.47 Å². The molecule has 1 aliphatic rings.